The molecule has 0 bridgehead atoms. The Balaban J connectivity index is 1.42. The molecular weight excluding hydrogens is 392 g/mol. The van der Waals surface area contributed by atoms with Gasteiger partial charge in [-0.25, -0.2) is 0 Å². The van der Waals surface area contributed by atoms with E-state index in [-0.39, 0.29) is 0 Å². The van der Waals surface area contributed by atoms with E-state index in [4.69, 9.17) is 0 Å². The highest BCUT2D eigenvalue weighted by atomic mass is 16.2. The zero-order valence-corrected chi connectivity index (χ0v) is 19.2. The van der Waals surface area contributed by atoms with E-state index < -0.39 is 0 Å². The Bertz CT molecular complexity index is 1010. The van der Waals surface area contributed by atoms with Crippen molar-refractivity contribution in [1.82, 2.24) is 9.47 Å². The summed E-state index contributed by atoms with van der Waals surface area (Å²) in [5.74, 6) is 0.353. The number of carbonyl (C=O) groups excluding carboxylic acids is 1. The maximum Gasteiger partial charge on any atom is 0.227 e. The first-order chi connectivity index (χ1) is 15.8. The number of para-hydroxylation sites is 1. The van der Waals surface area contributed by atoms with Crippen LogP contribution in [0.15, 0.2) is 60.8 Å². The Labute approximate surface area is 192 Å². The molecule has 3 heteroatoms. The summed E-state index contributed by atoms with van der Waals surface area (Å²) in [5.41, 5.74) is 3.69. The van der Waals surface area contributed by atoms with Crippen molar-refractivity contribution in [1.29, 1.82) is 0 Å². The normalized spacial score (nSPS) is 18.1. The summed E-state index contributed by atoms with van der Waals surface area (Å²) in [5, 5.41) is 1.23. The zero-order valence-electron chi connectivity index (χ0n) is 19.2. The molecule has 5 rings (SSSR count). The van der Waals surface area contributed by atoms with Crippen molar-refractivity contribution in [2.75, 3.05) is 0 Å². The number of amides is 1. The minimum absolute atomic E-state index is 0.353. The third-order valence-corrected chi connectivity index (χ3v) is 7.63. The molecule has 0 unspecified atom stereocenters. The quantitative estimate of drug-likeness (QED) is 0.427. The maximum absolute atomic E-state index is 13.8. The monoisotopic (exact) mass is 428 g/mol. The second-order valence-electron chi connectivity index (χ2n) is 9.85. The molecule has 0 radical (unpaired) electrons. The number of fused-ring (bicyclic) bond motifs is 1. The Kier molecular flexibility index (Phi) is 6.61. The van der Waals surface area contributed by atoms with Gasteiger partial charge in [0.15, 0.2) is 0 Å². The molecule has 1 amide bonds. The van der Waals surface area contributed by atoms with Gasteiger partial charge in [0.2, 0.25) is 5.91 Å². The first kappa shape index (κ1) is 21.3. The topological polar surface area (TPSA) is 25.2 Å². The number of hydrogen-bond donors (Lipinski definition) is 0. The van der Waals surface area contributed by atoms with E-state index >= 15 is 0 Å². The van der Waals surface area contributed by atoms with Gasteiger partial charge in [-0.1, -0.05) is 87.1 Å². The highest BCUT2D eigenvalue weighted by Crippen LogP contribution is 2.32. The van der Waals surface area contributed by atoms with E-state index in [0.717, 1.165) is 6.54 Å². The Morgan fingerprint density at radius 1 is 0.781 bits per heavy atom. The summed E-state index contributed by atoms with van der Waals surface area (Å²) in [6, 6.07) is 20.1. The lowest BCUT2D eigenvalue weighted by Gasteiger charge is -2.42. The SMILES string of the molecule is O=C(Cc1cn(Cc2ccccc2)c2ccccc12)N(C1CCCCC1)C1CCCCC1. The van der Waals surface area contributed by atoms with Gasteiger partial charge in [0.1, 0.15) is 0 Å². The standard InChI is InChI=1S/C29H36N2O/c32-29(31(25-14-6-2-7-15-25)26-16-8-3-9-17-26)20-24-22-30(21-23-12-4-1-5-13-23)28-19-11-10-18-27(24)28/h1,4-5,10-13,18-19,22,25-26H,2-3,6-9,14-17,20-21H2. The van der Waals surface area contributed by atoms with Crippen molar-refractivity contribution in [2.45, 2.75) is 89.3 Å². The molecule has 2 fully saturated rings. The van der Waals surface area contributed by atoms with Crippen LogP contribution in [0.2, 0.25) is 0 Å². The van der Waals surface area contributed by atoms with Gasteiger partial charge in [0.25, 0.3) is 0 Å². The predicted molar refractivity (Wildman–Crippen MR) is 132 cm³/mol. The van der Waals surface area contributed by atoms with Crippen LogP contribution in [-0.2, 0) is 17.8 Å². The minimum atomic E-state index is 0.353. The average Bonchev–Trinajstić information content (AvgIpc) is 3.18. The summed E-state index contributed by atoms with van der Waals surface area (Å²) in [6.07, 6.45) is 15.3. The van der Waals surface area contributed by atoms with Gasteiger partial charge < -0.3 is 9.47 Å². The fourth-order valence-electron chi connectivity index (χ4n) is 6.05. The molecule has 1 heterocycles. The highest BCUT2D eigenvalue weighted by Gasteiger charge is 2.32. The van der Waals surface area contributed by atoms with Gasteiger partial charge in [0.05, 0.1) is 6.42 Å². The lowest BCUT2D eigenvalue weighted by atomic mass is 9.88. The van der Waals surface area contributed by atoms with E-state index in [1.807, 2.05) is 0 Å². The summed E-state index contributed by atoms with van der Waals surface area (Å²) in [4.78, 5) is 16.2. The van der Waals surface area contributed by atoms with Crippen LogP contribution >= 0.6 is 0 Å². The molecule has 2 aliphatic rings. The molecule has 1 aromatic heterocycles. The molecule has 2 saturated carbocycles. The van der Waals surface area contributed by atoms with Crippen molar-refractivity contribution in [2.24, 2.45) is 0 Å². The Morgan fingerprint density at radius 3 is 2.03 bits per heavy atom. The lowest BCUT2D eigenvalue weighted by molar-refractivity contribution is -0.137. The van der Waals surface area contributed by atoms with Crippen LogP contribution in [0.25, 0.3) is 10.9 Å². The molecule has 0 atom stereocenters. The molecule has 0 aliphatic heterocycles. The first-order valence-corrected chi connectivity index (χ1v) is 12.7. The average molecular weight is 429 g/mol. The largest absolute Gasteiger partial charge is 0.343 e. The minimum Gasteiger partial charge on any atom is -0.343 e. The fourth-order valence-corrected chi connectivity index (χ4v) is 6.05. The van der Waals surface area contributed by atoms with E-state index in [1.54, 1.807) is 0 Å². The number of benzene rings is 2. The Hall–Kier alpha value is -2.55. The summed E-state index contributed by atoms with van der Waals surface area (Å²) in [7, 11) is 0. The third-order valence-electron chi connectivity index (χ3n) is 7.63. The smallest absolute Gasteiger partial charge is 0.227 e. The van der Waals surface area contributed by atoms with Crippen molar-refractivity contribution in [3.63, 3.8) is 0 Å². The van der Waals surface area contributed by atoms with Crippen molar-refractivity contribution in [3.8, 4) is 0 Å². The van der Waals surface area contributed by atoms with Crippen molar-refractivity contribution < 1.29 is 4.79 Å². The predicted octanol–water partition coefficient (Wildman–Crippen LogP) is 6.73. The Morgan fingerprint density at radius 2 is 1.38 bits per heavy atom. The number of rotatable bonds is 6. The van der Waals surface area contributed by atoms with Crippen LogP contribution in [0.4, 0.5) is 0 Å². The summed E-state index contributed by atoms with van der Waals surface area (Å²) >= 11 is 0. The van der Waals surface area contributed by atoms with Crippen LogP contribution in [0.1, 0.15) is 75.3 Å². The van der Waals surface area contributed by atoms with Crippen molar-refractivity contribution >= 4 is 16.8 Å². The molecule has 0 spiro atoms. The molecule has 0 saturated heterocycles. The van der Waals surface area contributed by atoms with E-state index in [2.05, 4.69) is 70.3 Å². The van der Waals surface area contributed by atoms with Crippen LogP contribution in [0.5, 0.6) is 0 Å². The number of nitrogens with zero attached hydrogens (tertiary/aromatic N) is 2. The molecule has 2 aromatic carbocycles. The van der Waals surface area contributed by atoms with E-state index in [9.17, 15) is 4.79 Å². The maximum atomic E-state index is 13.8. The summed E-state index contributed by atoms with van der Waals surface area (Å²) < 4.78 is 2.32. The van der Waals surface area contributed by atoms with Gasteiger partial charge in [-0.15, -0.1) is 0 Å². The van der Waals surface area contributed by atoms with Gasteiger partial charge in [-0.05, 0) is 42.9 Å². The third kappa shape index (κ3) is 4.62. The molecule has 2 aliphatic carbocycles. The van der Waals surface area contributed by atoms with Crippen LogP contribution in [-0.4, -0.2) is 27.5 Å². The van der Waals surface area contributed by atoms with Crippen LogP contribution in [0.3, 0.4) is 0 Å². The first-order valence-electron chi connectivity index (χ1n) is 12.7. The second-order valence-corrected chi connectivity index (χ2v) is 9.85. The van der Waals surface area contributed by atoms with Crippen LogP contribution < -0.4 is 0 Å². The molecular formula is C29H36N2O. The molecule has 0 N–H and O–H groups in total. The van der Waals surface area contributed by atoms with Gasteiger partial charge in [0, 0.05) is 35.7 Å². The van der Waals surface area contributed by atoms with Gasteiger partial charge in [-0.2, -0.15) is 0 Å². The number of hydrogen-bond acceptors (Lipinski definition) is 1. The highest BCUT2D eigenvalue weighted by molar-refractivity contribution is 5.89. The zero-order chi connectivity index (χ0) is 21.8. The molecule has 3 aromatic rings. The fraction of sp³-hybridized carbons (Fsp3) is 0.483. The second kappa shape index (κ2) is 9.94. The molecule has 3 nitrogen and oxygen atoms in total. The number of carbonyl (C=O) groups is 1. The van der Waals surface area contributed by atoms with Gasteiger partial charge in [-0.3, -0.25) is 4.79 Å². The number of aromatic nitrogens is 1. The van der Waals surface area contributed by atoms with Crippen molar-refractivity contribution in [3.05, 3.63) is 71.9 Å². The van der Waals surface area contributed by atoms with E-state index in [0.29, 0.717) is 24.4 Å². The lowest BCUT2D eigenvalue weighted by Crippen LogP contribution is -2.49. The van der Waals surface area contributed by atoms with E-state index in [1.165, 1.54) is 86.2 Å². The van der Waals surface area contributed by atoms with Crippen LogP contribution in [0, 0.1) is 0 Å². The molecule has 32 heavy (non-hydrogen) atoms. The van der Waals surface area contributed by atoms with Gasteiger partial charge >= 0.3 is 0 Å². The molecule has 168 valence electrons. The summed E-state index contributed by atoms with van der Waals surface area (Å²) in [6.45, 7) is 0.838.